The van der Waals surface area contributed by atoms with Gasteiger partial charge in [-0.05, 0) is 20.8 Å². The van der Waals surface area contributed by atoms with Crippen molar-refractivity contribution in [3.63, 3.8) is 0 Å². The molecule has 0 saturated heterocycles. The summed E-state index contributed by atoms with van der Waals surface area (Å²) in [6.07, 6.45) is 0. The number of nitrogens with one attached hydrogen (secondary N) is 2. The molecular formula is C10H15ClN4O. The van der Waals surface area contributed by atoms with E-state index in [4.69, 9.17) is 11.6 Å². The van der Waals surface area contributed by atoms with E-state index < -0.39 is 6.04 Å². The molecule has 5 nitrogen and oxygen atoms in total. The largest absolute Gasteiger partial charge is 0.357 e. The summed E-state index contributed by atoms with van der Waals surface area (Å²) in [5.74, 6) is 0.303. The quantitative estimate of drug-likeness (QED) is 0.838. The van der Waals surface area contributed by atoms with Crippen LogP contribution in [0.15, 0.2) is 0 Å². The number of nitrogens with zero attached hydrogens (tertiary/aromatic N) is 2. The van der Waals surface area contributed by atoms with E-state index in [-0.39, 0.29) is 11.1 Å². The highest BCUT2D eigenvalue weighted by Gasteiger charge is 2.14. The fourth-order valence-corrected chi connectivity index (χ4v) is 1.38. The second-order valence-corrected chi connectivity index (χ2v) is 3.87. The van der Waals surface area contributed by atoms with Crippen molar-refractivity contribution in [2.75, 3.05) is 12.4 Å². The first kappa shape index (κ1) is 12.7. The van der Waals surface area contributed by atoms with Gasteiger partial charge in [-0.2, -0.15) is 0 Å². The maximum atomic E-state index is 11.3. The van der Waals surface area contributed by atoms with Gasteiger partial charge in [0.2, 0.25) is 5.91 Å². The summed E-state index contributed by atoms with van der Waals surface area (Å²) in [6, 6.07) is -0.404. The first-order chi connectivity index (χ1) is 7.45. The third kappa shape index (κ3) is 2.82. The van der Waals surface area contributed by atoms with Crippen molar-refractivity contribution in [2.45, 2.75) is 26.8 Å². The van der Waals surface area contributed by atoms with Crippen LogP contribution in [0.5, 0.6) is 0 Å². The highest BCUT2D eigenvalue weighted by molar-refractivity contribution is 6.31. The third-order valence-electron chi connectivity index (χ3n) is 2.26. The van der Waals surface area contributed by atoms with Crippen molar-refractivity contribution < 1.29 is 4.79 Å². The summed E-state index contributed by atoms with van der Waals surface area (Å²) in [6.45, 7) is 5.40. The second-order valence-electron chi connectivity index (χ2n) is 3.51. The summed E-state index contributed by atoms with van der Waals surface area (Å²) in [5.41, 5.74) is 1.57. The summed E-state index contributed by atoms with van der Waals surface area (Å²) in [5, 5.41) is 5.73. The molecule has 0 aliphatic rings. The predicted molar refractivity (Wildman–Crippen MR) is 63.7 cm³/mol. The number of aryl methyl sites for hydroxylation is 2. The molecular weight excluding hydrogens is 228 g/mol. The van der Waals surface area contributed by atoms with Crippen LogP contribution >= 0.6 is 11.6 Å². The number of halogens is 1. The number of carbonyl (C=O) groups excluding carboxylic acids is 1. The molecule has 0 aromatic carbocycles. The van der Waals surface area contributed by atoms with Crippen molar-refractivity contribution in [3.8, 4) is 0 Å². The highest BCUT2D eigenvalue weighted by atomic mass is 35.5. The second kappa shape index (κ2) is 5.12. The lowest BCUT2D eigenvalue weighted by molar-refractivity contribution is -0.121. The van der Waals surface area contributed by atoms with Crippen LogP contribution in [0.2, 0.25) is 5.15 Å². The SMILES string of the molecule is CNC(=O)C(C)Nc1nc(C)c(C)nc1Cl. The number of hydrogen-bond donors (Lipinski definition) is 2. The molecule has 0 saturated carbocycles. The van der Waals surface area contributed by atoms with Crippen LogP contribution in [0.4, 0.5) is 5.82 Å². The standard InChI is InChI=1S/C10H15ClN4O/c1-5-6(2)14-9(8(11)13-5)15-7(3)10(16)12-4/h7H,1-4H3,(H,12,16)(H,14,15). The Morgan fingerprint density at radius 3 is 2.44 bits per heavy atom. The molecule has 0 aliphatic heterocycles. The van der Waals surface area contributed by atoms with E-state index in [1.165, 1.54) is 0 Å². The van der Waals surface area contributed by atoms with Gasteiger partial charge in [-0.1, -0.05) is 11.6 Å². The Hall–Kier alpha value is -1.36. The maximum Gasteiger partial charge on any atom is 0.241 e. The fourth-order valence-electron chi connectivity index (χ4n) is 1.15. The Labute approximate surface area is 99.6 Å². The predicted octanol–water partition coefficient (Wildman–Crippen LogP) is 1.29. The van der Waals surface area contributed by atoms with Crippen LogP contribution in [0, 0.1) is 13.8 Å². The Kier molecular flexibility index (Phi) is 4.06. The third-order valence-corrected chi connectivity index (χ3v) is 2.52. The Balaban J connectivity index is 2.89. The van der Waals surface area contributed by atoms with Crippen molar-refractivity contribution >= 4 is 23.3 Å². The van der Waals surface area contributed by atoms with Gasteiger partial charge >= 0.3 is 0 Å². The van der Waals surface area contributed by atoms with Gasteiger partial charge in [0, 0.05) is 7.05 Å². The van der Waals surface area contributed by atoms with Crippen molar-refractivity contribution in [3.05, 3.63) is 16.5 Å². The number of anilines is 1. The Morgan fingerprint density at radius 2 is 1.88 bits per heavy atom. The van der Waals surface area contributed by atoms with Crippen molar-refractivity contribution in [1.29, 1.82) is 0 Å². The van der Waals surface area contributed by atoms with Gasteiger partial charge in [0.1, 0.15) is 6.04 Å². The van der Waals surface area contributed by atoms with Gasteiger partial charge in [-0.25, -0.2) is 9.97 Å². The van der Waals surface area contributed by atoms with E-state index in [1.54, 1.807) is 14.0 Å². The number of rotatable bonds is 3. The van der Waals surface area contributed by atoms with Crippen molar-refractivity contribution in [2.24, 2.45) is 0 Å². The van der Waals surface area contributed by atoms with E-state index >= 15 is 0 Å². The van der Waals surface area contributed by atoms with Crippen LogP contribution in [0.25, 0.3) is 0 Å². The molecule has 16 heavy (non-hydrogen) atoms. The van der Waals surface area contributed by atoms with Crippen LogP contribution in [0.1, 0.15) is 18.3 Å². The number of carbonyl (C=O) groups is 1. The lowest BCUT2D eigenvalue weighted by atomic mass is 10.3. The molecule has 1 aromatic rings. The van der Waals surface area contributed by atoms with E-state index in [0.717, 1.165) is 11.4 Å². The van der Waals surface area contributed by atoms with Gasteiger partial charge < -0.3 is 10.6 Å². The molecule has 0 aliphatic carbocycles. The minimum Gasteiger partial charge on any atom is -0.357 e. The fraction of sp³-hybridized carbons (Fsp3) is 0.500. The molecule has 1 amide bonds. The molecule has 0 bridgehead atoms. The van der Waals surface area contributed by atoms with Crippen LogP contribution < -0.4 is 10.6 Å². The van der Waals surface area contributed by atoms with E-state index in [9.17, 15) is 4.79 Å². The maximum absolute atomic E-state index is 11.3. The summed E-state index contributed by atoms with van der Waals surface area (Å²) in [4.78, 5) is 19.7. The van der Waals surface area contributed by atoms with Gasteiger partial charge in [-0.3, -0.25) is 4.79 Å². The van der Waals surface area contributed by atoms with Crippen LogP contribution in [-0.4, -0.2) is 29.0 Å². The molecule has 88 valence electrons. The minimum atomic E-state index is -0.404. The monoisotopic (exact) mass is 242 g/mol. The molecule has 1 heterocycles. The van der Waals surface area contributed by atoms with E-state index in [2.05, 4.69) is 20.6 Å². The average Bonchev–Trinajstić information content (AvgIpc) is 2.24. The topological polar surface area (TPSA) is 66.9 Å². The molecule has 1 unspecified atom stereocenters. The van der Waals surface area contributed by atoms with Crippen molar-refractivity contribution in [1.82, 2.24) is 15.3 Å². The molecule has 1 atom stereocenters. The van der Waals surface area contributed by atoms with Crippen LogP contribution in [-0.2, 0) is 4.79 Å². The number of hydrogen-bond acceptors (Lipinski definition) is 4. The molecule has 0 spiro atoms. The molecule has 0 radical (unpaired) electrons. The number of amides is 1. The molecule has 6 heteroatoms. The molecule has 2 N–H and O–H groups in total. The van der Waals surface area contributed by atoms with E-state index in [1.807, 2.05) is 13.8 Å². The lowest BCUT2D eigenvalue weighted by Crippen LogP contribution is -2.35. The summed E-state index contributed by atoms with van der Waals surface area (Å²) >= 11 is 5.93. The Morgan fingerprint density at radius 1 is 1.31 bits per heavy atom. The van der Waals surface area contributed by atoms with Gasteiger partial charge in [0.05, 0.1) is 11.4 Å². The van der Waals surface area contributed by atoms with E-state index in [0.29, 0.717) is 5.82 Å². The normalized spacial score (nSPS) is 12.1. The number of likely N-dealkylation sites (N-methyl/N-ethyl adjacent to an activating group) is 1. The highest BCUT2D eigenvalue weighted by Crippen LogP contribution is 2.18. The van der Waals surface area contributed by atoms with Gasteiger partial charge in [0.15, 0.2) is 11.0 Å². The zero-order chi connectivity index (χ0) is 12.3. The molecule has 0 fully saturated rings. The minimum absolute atomic E-state index is 0.129. The zero-order valence-corrected chi connectivity index (χ0v) is 10.5. The average molecular weight is 243 g/mol. The smallest absolute Gasteiger partial charge is 0.241 e. The molecule has 1 aromatic heterocycles. The summed E-state index contributed by atoms with van der Waals surface area (Å²) < 4.78 is 0. The van der Waals surface area contributed by atoms with Gasteiger partial charge in [-0.15, -0.1) is 0 Å². The molecule has 1 rings (SSSR count). The first-order valence-electron chi connectivity index (χ1n) is 4.94. The summed E-state index contributed by atoms with van der Waals surface area (Å²) in [7, 11) is 1.58. The van der Waals surface area contributed by atoms with Crippen LogP contribution in [0.3, 0.4) is 0 Å². The Bertz CT molecular complexity index is 408. The lowest BCUT2D eigenvalue weighted by Gasteiger charge is -2.14. The zero-order valence-electron chi connectivity index (χ0n) is 9.76. The first-order valence-corrected chi connectivity index (χ1v) is 5.32. The number of aromatic nitrogens is 2. The van der Waals surface area contributed by atoms with Gasteiger partial charge in [0.25, 0.3) is 0 Å².